The zero-order valence-electron chi connectivity index (χ0n) is 15.4. The van der Waals surface area contributed by atoms with Crippen LogP contribution in [-0.4, -0.2) is 38.0 Å². The molecule has 28 heavy (non-hydrogen) atoms. The third-order valence-electron chi connectivity index (χ3n) is 4.44. The smallest absolute Gasteiger partial charge is 0.222 e. The molecular weight excluding hydrogens is 406 g/mol. The zero-order valence-corrected chi connectivity index (χ0v) is 17.0. The van der Waals surface area contributed by atoms with Crippen molar-refractivity contribution in [1.29, 1.82) is 0 Å². The van der Waals surface area contributed by atoms with Gasteiger partial charge in [0, 0.05) is 23.9 Å². The number of thioether (sulfide) groups is 1. The number of rotatable bonds is 6. The molecule has 1 aliphatic heterocycles. The Balaban J connectivity index is 0.00000280. The van der Waals surface area contributed by atoms with Crippen LogP contribution in [0.3, 0.4) is 0 Å². The van der Waals surface area contributed by atoms with Crippen molar-refractivity contribution < 1.29 is 18.3 Å². The van der Waals surface area contributed by atoms with Crippen LogP contribution in [0.15, 0.2) is 47.4 Å². The lowest BCUT2D eigenvalue weighted by atomic mass is 9.98. The van der Waals surface area contributed by atoms with Gasteiger partial charge in [-0.2, -0.15) is 0 Å². The third-order valence-corrected chi connectivity index (χ3v) is 5.17. The molecule has 2 aromatic rings. The van der Waals surface area contributed by atoms with Gasteiger partial charge in [0.15, 0.2) is 11.6 Å². The average Bonchev–Trinajstić information content (AvgIpc) is 2.69. The monoisotopic (exact) mass is 428 g/mol. The van der Waals surface area contributed by atoms with Crippen molar-refractivity contribution in [3.63, 3.8) is 0 Å². The van der Waals surface area contributed by atoms with E-state index in [1.165, 1.54) is 6.07 Å². The van der Waals surface area contributed by atoms with Crippen molar-refractivity contribution in [1.82, 2.24) is 10.6 Å². The van der Waals surface area contributed by atoms with Crippen LogP contribution < -0.4 is 10.6 Å². The molecule has 1 amide bonds. The lowest BCUT2D eigenvalue weighted by molar-refractivity contribution is -0.122. The highest BCUT2D eigenvalue weighted by molar-refractivity contribution is 7.98. The summed E-state index contributed by atoms with van der Waals surface area (Å²) in [7, 11) is 0. The Morgan fingerprint density at radius 3 is 2.71 bits per heavy atom. The normalized spacial score (nSPS) is 17.5. The highest BCUT2D eigenvalue weighted by Gasteiger charge is 2.22. The number of nitrogens with one attached hydrogen (secondary N) is 2. The second-order valence-electron chi connectivity index (χ2n) is 6.38. The minimum absolute atomic E-state index is 0. The first-order valence-corrected chi connectivity index (χ1v) is 9.98. The van der Waals surface area contributed by atoms with Crippen molar-refractivity contribution in [3.8, 4) is 0 Å². The first kappa shape index (κ1) is 22.6. The Morgan fingerprint density at radius 1 is 1.25 bits per heavy atom. The van der Waals surface area contributed by atoms with Crippen LogP contribution >= 0.6 is 24.2 Å². The summed E-state index contributed by atoms with van der Waals surface area (Å²) in [6, 6.07) is 10.8. The van der Waals surface area contributed by atoms with Crippen LogP contribution in [0.25, 0.3) is 0 Å². The molecule has 0 aromatic heterocycles. The Morgan fingerprint density at radius 2 is 2.04 bits per heavy atom. The fourth-order valence-corrected chi connectivity index (χ4v) is 3.54. The van der Waals surface area contributed by atoms with E-state index in [1.807, 2.05) is 30.5 Å². The van der Waals surface area contributed by atoms with Gasteiger partial charge in [-0.3, -0.25) is 4.79 Å². The average molecular weight is 429 g/mol. The standard InChI is InChI=1S/C20H22F2N2O2S.ClH/c1-27-16-4-2-3-13(9-16)20(14-5-6-17(21)18(22)10-14)24-19(25)11-15-12-26-8-7-23-15;/h2-6,9-10,15,20,23H,7-8,11-12H2,1H3,(H,24,25);1H. The minimum Gasteiger partial charge on any atom is -0.378 e. The third kappa shape index (κ3) is 5.91. The number of hydrogen-bond donors (Lipinski definition) is 2. The summed E-state index contributed by atoms with van der Waals surface area (Å²) in [6.07, 6.45) is 2.21. The maximum atomic E-state index is 13.8. The van der Waals surface area contributed by atoms with Crippen LogP contribution in [0.2, 0.25) is 0 Å². The number of carbonyl (C=O) groups excluding carboxylic acids is 1. The molecule has 2 N–H and O–H groups in total. The summed E-state index contributed by atoms with van der Waals surface area (Å²) in [4.78, 5) is 13.6. The molecule has 1 saturated heterocycles. The van der Waals surface area contributed by atoms with Gasteiger partial charge in [-0.25, -0.2) is 8.78 Å². The molecule has 1 fully saturated rings. The molecule has 2 aromatic carbocycles. The highest BCUT2D eigenvalue weighted by Crippen LogP contribution is 2.27. The van der Waals surface area contributed by atoms with Crippen LogP contribution in [0, 0.1) is 11.6 Å². The lowest BCUT2D eigenvalue weighted by Crippen LogP contribution is -2.44. The fraction of sp³-hybridized carbons (Fsp3) is 0.350. The van der Waals surface area contributed by atoms with E-state index in [9.17, 15) is 13.6 Å². The van der Waals surface area contributed by atoms with E-state index in [1.54, 1.807) is 11.8 Å². The lowest BCUT2D eigenvalue weighted by Gasteiger charge is -2.25. The number of amides is 1. The number of benzene rings is 2. The molecule has 0 aliphatic carbocycles. The van der Waals surface area contributed by atoms with Crippen molar-refractivity contribution in [2.24, 2.45) is 0 Å². The van der Waals surface area contributed by atoms with E-state index < -0.39 is 17.7 Å². The van der Waals surface area contributed by atoms with Gasteiger partial charge in [-0.05, 0) is 41.6 Å². The second kappa shape index (κ2) is 10.8. The van der Waals surface area contributed by atoms with E-state index in [0.29, 0.717) is 25.3 Å². The number of halogens is 3. The predicted molar refractivity (Wildman–Crippen MR) is 109 cm³/mol. The number of morpholine rings is 1. The van der Waals surface area contributed by atoms with E-state index in [2.05, 4.69) is 10.6 Å². The number of ether oxygens (including phenoxy) is 1. The second-order valence-corrected chi connectivity index (χ2v) is 7.26. The van der Waals surface area contributed by atoms with Gasteiger partial charge in [-0.15, -0.1) is 24.2 Å². The topological polar surface area (TPSA) is 50.4 Å². The molecule has 1 aliphatic rings. The van der Waals surface area contributed by atoms with E-state index >= 15 is 0 Å². The van der Waals surface area contributed by atoms with Crippen molar-refractivity contribution >= 4 is 30.1 Å². The van der Waals surface area contributed by atoms with Gasteiger partial charge >= 0.3 is 0 Å². The largest absolute Gasteiger partial charge is 0.378 e. The predicted octanol–water partition coefficient (Wildman–Crippen LogP) is 3.69. The van der Waals surface area contributed by atoms with Gasteiger partial charge in [0.1, 0.15) is 0 Å². The van der Waals surface area contributed by atoms with Crippen molar-refractivity contribution in [2.45, 2.75) is 23.4 Å². The van der Waals surface area contributed by atoms with Crippen LogP contribution in [-0.2, 0) is 9.53 Å². The van der Waals surface area contributed by atoms with Crippen LogP contribution in [0.4, 0.5) is 8.78 Å². The van der Waals surface area contributed by atoms with Crippen molar-refractivity contribution in [3.05, 3.63) is 65.2 Å². The number of hydrogen-bond acceptors (Lipinski definition) is 4. The summed E-state index contributed by atoms with van der Waals surface area (Å²) in [6.45, 7) is 1.82. The van der Waals surface area contributed by atoms with Crippen molar-refractivity contribution in [2.75, 3.05) is 26.0 Å². The molecule has 2 unspecified atom stereocenters. The molecule has 2 atom stereocenters. The minimum atomic E-state index is -0.935. The molecule has 152 valence electrons. The molecule has 4 nitrogen and oxygen atoms in total. The highest BCUT2D eigenvalue weighted by atomic mass is 35.5. The first-order valence-electron chi connectivity index (χ1n) is 8.76. The Hall–Kier alpha value is -1.67. The van der Waals surface area contributed by atoms with E-state index in [-0.39, 0.29) is 30.8 Å². The molecule has 0 saturated carbocycles. The molecule has 1 heterocycles. The fourth-order valence-electron chi connectivity index (χ4n) is 3.07. The zero-order chi connectivity index (χ0) is 19.2. The van der Waals surface area contributed by atoms with Crippen LogP contribution in [0.1, 0.15) is 23.6 Å². The maximum Gasteiger partial charge on any atom is 0.222 e. The summed E-state index contributed by atoms with van der Waals surface area (Å²) in [5.41, 5.74) is 1.31. The van der Waals surface area contributed by atoms with Gasteiger partial charge in [0.05, 0.1) is 19.3 Å². The molecule has 0 radical (unpaired) electrons. The Kier molecular flexibility index (Phi) is 8.69. The Bertz CT molecular complexity index is 804. The van der Waals surface area contributed by atoms with Gasteiger partial charge in [0.25, 0.3) is 0 Å². The molecule has 0 bridgehead atoms. The maximum absolute atomic E-state index is 13.8. The molecular formula is C20H23ClF2N2O2S. The Labute approximate surface area is 173 Å². The van der Waals surface area contributed by atoms with E-state index in [4.69, 9.17) is 4.74 Å². The molecule has 8 heteroatoms. The SMILES string of the molecule is CSc1cccc(C(NC(=O)CC2COCCN2)c2ccc(F)c(F)c2)c1.Cl. The summed E-state index contributed by atoms with van der Waals surface area (Å²) in [5, 5.41) is 6.20. The van der Waals surface area contributed by atoms with Crippen LogP contribution in [0.5, 0.6) is 0 Å². The first-order chi connectivity index (χ1) is 13.1. The molecule has 3 rings (SSSR count). The van der Waals surface area contributed by atoms with E-state index in [0.717, 1.165) is 22.6 Å². The molecule has 0 spiro atoms. The van der Waals surface area contributed by atoms with Gasteiger partial charge in [-0.1, -0.05) is 18.2 Å². The van der Waals surface area contributed by atoms with Gasteiger partial charge in [0.2, 0.25) is 5.91 Å². The summed E-state index contributed by atoms with van der Waals surface area (Å²) in [5.74, 6) is -2.03. The summed E-state index contributed by atoms with van der Waals surface area (Å²) >= 11 is 1.58. The summed E-state index contributed by atoms with van der Waals surface area (Å²) < 4.78 is 32.5. The number of carbonyl (C=O) groups is 1. The van der Waals surface area contributed by atoms with Gasteiger partial charge < -0.3 is 15.4 Å². The quantitative estimate of drug-likeness (QED) is 0.689.